The van der Waals surface area contributed by atoms with Crippen molar-refractivity contribution in [3.8, 4) is 5.75 Å². The van der Waals surface area contributed by atoms with Crippen LogP contribution in [0.4, 0.5) is 0 Å². The summed E-state index contributed by atoms with van der Waals surface area (Å²) in [5, 5.41) is 13.3. The Bertz CT molecular complexity index is 561. The monoisotopic (exact) mass is 339 g/mol. The number of halogens is 1. The van der Waals surface area contributed by atoms with Gasteiger partial charge < -0.3 is 10.1 Å². The second kappa shape index (κ2) is 6.99. The number of rotatable bonds is 6. The number of para-hydroxylation sites is 1. The van der Waals surface area contributed by atoms with Crippen molar-refractivity contribution in [1.82, 2.24) is 25.5 Å². The Kier molecular flexibility index (Phi) is 5.05. The number of aromatic nitrogens is 4. The van der Waals surface area contributed by atoms with E-state index in [-0.39, 0.29) is 18.6 Å². The van der Waals surface area contributed by atoms with Gasteiger partial charge in [-0.05, 0) is 45.4 Å². The normalized spacial score (nSPS) is 11.9. The smallest absolute Gasteiger partial charge is 0.242 e. The molecule has 20 heavy (non-hydrogen) atoms. The highest BCUT2D eigenvalue weighted by molar-refractivity contribution is 9.10. The van der Waals surface area contributed by atoms with E-state index in [1.807, 2.05) is 31.2 Å². The Labute approximate surface area is 124 Å². The van der Waals surface area contributed by atoms with Crippen molar-refractivity contribution in [2.24, 2.45) is 0 Å². The van der Waals surface area contributed by atoms with E-state index in [1.165, 1.54) is 11.0 Å². The molecule has 1 heterocycles. The number of hydrogen-bond donors (Lipinski definition) is 1. The predicted molar refractivity (Wildman–Crippen MR) is 75.1 cm³/mol. The summed E-state index contributed by atoms with van der Waals surface area (Å²) < 4.78 is 7.96. The van der Waals surface area contributed by atoms with Crippen LogP contribution in [0.3, 0.4) is 0 Å². The summed E-state index contributed by atoms with van der Waals surface area (Å²) in [6, 6.07) is 7.57. The number of nitrogens with zero attached hydrogens (tertiary/aromatic N) is 4. The zero-order valence-corrected chi connectivity index (χ0v) is 12.4. The number of tetrazole rings is 1. The highest BCUT2D eigenvalue weighted by atomic mass is 79.9. The SMILES string of the molecule is C[C@@H](CNC(=O)Cn1cnnn1)Oc1ccccc1Br. The van der Waals surface area contributed by atoms with Gasteiger partial charge in [0, 0.05) is 0 Å². The fraction of sp³-hybridized carbons (Fsp3) is 0.333. The first-order valence-electron chi connectivity index (χ1n) is 6.04. The minimum atomic E-state index is -0.167. The third-order valence-electron chi connectivity index (χ3n) is 2.45. The van der Waals surface area contributed by atoms with E-state index in [0.717, 1.165) is 10.2 Å². The molecule has 1 aromatic heterocycles. The van der Waals surface area contributed by atoms with Crippen molar-refractivity contribution in [2.75, 3.05) is 6.54 Å². The van der Waals surface area contributed by atoms with Crippen molar-refractivity contribution in [2.45, 2.75) is 19.6 Å². The molecule has 0 aliphatic rings. The van der Waals surface area contributed by atoms with Gasteiger partial charge >= 0.3 is 0 Å². The molecule has 7 nitrogen and oxygen atoms in total. The molecule has 0 spiro atoms. The molecule has 0 aliphatic carbocycles. The first kappa shape index (κ1) is 14.4. The standard InChI is InChI=1S/C12H14BrN5O2/c1-9(20-11-5-3-2-4-10(11)13)6-14-12(19)7-18-8-15-16-17-18/h2-5,8-9H,6-7H2,1H3,(H,14,19)/t9-/m0/s1. The highest BCUT2D eigenvalue weighted by Crippen LogP contribution is 2.24. The summed E-state index contributed by atoms with van der Waals surface area (Å²) >= 11 is 3.41. The first-order chi connectivity index (χ1) is 9.65. The number of carbonyl (C=O) groups is 1. The highest BCUT2D eigenvalue weighted by Gasteiger charge is 2.09. The van der Waals surface area contributed by atoms with Crippen molar-refractivity contribution >= 4 is 21.8 Å². The van der Waals surface area contributed by atoms with Gasteiger partial charge in [-0.1, -0.05) is 12.1 Å². The van der Waals surface area contributed by atoms with Crippen molar-refractivity contribution in [3.05, 3.63) is 35.1 Å². The molecule has 0 radical (unpaired) electrons. The van der Waals surface area contributed by atoms with Crippen molar-refractivity contribution in [3.63, 3.8) is 0 Å². The average molecular weight is 340 g/mol. The largest absolute Gasteiger partial charge is 0.488 e. The Hall–Kier alpha value is -1.96. The van der Waals surface area contributed by atoms with Gasteiger partial charge in [0.05, 0.1) is 11.0 Å². The van der Waals surface area contributed by atoms with Crippen LogP contribution in [0.2, 0.25) is 0 Å². The van der Waals surface area contributed by atoms with Crippen molar-refractivity contribution in [1.29, 1.82) is 0 Å². The number of benzene rings is 1. The van der Waals surface area contributed by atoms with Crippen LogP contribution in [0.25, 0.3) is 0 Å². The maximum absolute atomic E-state index is 11.6. The summed E-state index contributed by atoms with van der Waals surface area (Å²) in [4.78, 5) is 11.6. The number of carbonyl (C=O) groups excluding carboxylic acids is 1. The maximum Gasteiger partial charge on any atom is 0.242 e. The molecule has 0 saturated carbocycles. The van der Waals surface area contributed by atoms with E-state index in [2.05, 4.69) is 36.8 Å². The molecule has 1 atom stereocenters. The Morgan fingerprint density at radius 3 is 3.00 bits per heavy atom. The third kappa shape index (κ3) is 4.30. The Morgan fingerprint density at radius 1 is 1.50 bits per heavy atom. The maximum atomic E-state index is 11.6. The molecule has 2 rings (SSSR count). The molecular formula is C12H14BrN5O2. The number of hydrogen-bond acceptors (Lipinski definition) is 5. The molecule has 1 amide bonds. The van der Waals surface area contributed by atoms with Crippen LogP contribution in [0.5, 0.6) is 5.75 Å². The molecular weight excluding hydrogens is 326 g/mol. The van der Waals surface area contributed by atoms with Gasteiger partial charge in [-0.25, -0.2) is 4.68 Å². The Balaban J connectivity index is 1.76. The average Bonchev–Trinajstić information content (AvgIpc) is 2.92. The summed E-state index contributed by atoms with van der Waals surface area (Å²) in [5.41, 5.74) is 0. The van der Waals surface area contributed by atoms with Gasteiger partial charge in [-0.2, -0.15) is 0 Å². The van der Waals surface area contributed by atoms with Gasteiger partial charge in [0.25, 0.3) is 0 Å². The minimum Gasteiger partial charge on any atom is -0.488 e. The first-order valence-corrected chi connectivity index (χ1v) is 6.83. The summed E-state index contributed by atoms with van der Waals surface area (Å²) in [7, 11) is 0. The number of amides is 1. The van der Waals surface area contributed by atoms with E-state index >= 15 is 0 Å². The fourth-order valence-electron chi connectivity index (χ4n) is 1.51. The van der Waals surface area contributed by atoms with E-state index in [4.69, 9.17) is 4.74 Å². The van der Waals surface area contributed by atoms with Gasteiger partial charge in [-0.3, -0.25) is 4.79 Å². The van der Waals surface area contributed by atoms with Gasteiger partial charge in [0.2, 0.25) is 5.91 Å². The summed E-state index contributed by atoms with van der Waals surface area (Å²) in [5.74, 6) is 0.578. The molecule has 8 heteroatoms. The quantitative estimate of drug-likeness (QED) is 0.849. The lowest BCUT2D eigenvalue weighted by Gasteiger charge is -2.16. The second-order valence-corrected chi connectivity index (χ2v) is 5.02. The lowest BCUT2D eigenvalue weighted by molar-refractivity contribution is -0.122. The zero-order valence-electron chi connectivity index (χ0n) is 10.9. The van der Waals surface area contributed by atoms with Crippen LogP contribution < -0.4 is 10.1 Å². The fourth-order valence-corrected chi connectivity index (χ4v) is 1.89. The van der Waals surface area contributed by atoms with Crippen LogP contribution in [-0.2, 0) is 11.3 Å². The minimum absolute atomic E-state index is 0.0920. The summed E-state index contributed by atoms with van der Waals surface area (Å²) in [6.07, 6.45) is 1.24. The molecule has 0 fully saturated rings. The molecule has 1 aromatic carbocycles. The number of nitrogens with one attached hydrogen (secondary N) is 1. The van der Waals surface area contributed by atoms with E-state index in [0.29, 0.717) is 6.54 Å². The predicted octanol–water partition coefficient (Wildman–Crippen LogP) is 1.02. The lowest BCUT2D eigenvalue weighted by atomic mass is 10.3. The van der Waals surface area contributed by atoms with Crippen LogP contribution in [0.15, 0.2) is 35.1 Å². The van der Waals surface area contributed by atoms with Crippen LogP contribution >= 0.6 is 15.9 Å². The lowest BCUT2D eigenvalue weighted by Crippen LogP contribution is -2.35. The van der Waals surface area contributed by atoms with Crippen LogP contribution in [-0.4, -0.2) is 38.8 Å². The molecule has 0 aliphatic heterocycles. The molecule has 0 bridgehead atoms. The van der Waals surface area contributed by atoms with Gasteiger partial charge in [0.15, 0.2) is 0 Å². The molecule has 2 aromatic rings. The molecule has 106 valence electrons. The third-order valence-corrected chi connectivity index (χ3v) is 3.10. The van der Waals surface area contributed by atoms with E-state index < -0.39 is 0 Å². The van der Waals surface area contributed by atoms with E-state index in [1.54, 1.807) is 0 Å². The molecule has 0 unspecified atom stereocenters. The summed E-state index contributed by atoms with van der Waals surface area (Å²) in [6.45, 7) is 2.38. The Morgan fingerprint density at radius 2 is 2.30 bits per heavy atom. The van der Waals surface area contributed by atoms with E-state index in [9.17, 15) is 4.79 Å². The number of ether oxygens (including phenoxy) is 1. The van der Waals surface area contributed by atoms with Crippen molar-refractivity contribution < 1.29 is 9.53 Å². The molecule has 0 saturated heterocycles. The topological polar surface area (TPSA) is 81.9 Å². The van der Waals surface area contributed by atoms with Crippen LogP contribution in [0, 0.1) is 0 Å². The van der Waals surface area contributed by atoms with Gasteiger partial charge in [0.1, 0.15) is 24.7 Å². The van der Waals surface area contributed by atoms with Gasteiger partial charge in [-0.15, -0.1) is 5.10 Å². The zero-order chi connectivity index (χ0) is 14.4. The van der Waals surface area contributed by atoms with Crippen LogP contribution in [0.1, 0.15) is 6.92 Å². The molecule has 1 N–H and O–H groups in total. The second-order valence-electron chi connectivity index (χ2n) is 4.17.